The van der Waals surface area contributed by atoms with Crippen molar-refractivity contribution in [1.29, 1.82) is 5.26 Å². The molecule has 0 atom stereocenters. The molecule has 8 heteroatoms. The quantitative estimate of drug-likeness (QED) is 0.239. The maximum absolute atomic E-state index is 13.3. The van der Waals surface area contributed by atoms with E-state index in [9.17, 15) is 9.59 Å². The number of carboxylic acid groups (broad SMARTS) is 1. The van der Waals surface area contributed by atoms with Crippen molar-refractivity contribution in [2.75, 3.05) is 18.1 Å². The van der Waals surface area contributed by atoms with Crippen LogP contribution in [-0.4, -0.2) is 35.1 Å². The van der Waals surface area contributed by atoms with Crippen LogP contribution in [0.3, 0.4) is 0 Å². The molecule has 1 aliphatic rings. The summed E-state index contributed by atoms with van der Waals surface area (Å²) in [4.78, 5) is 28.8. The van der Waals surface area contributed by atoms with Crippen LogP contribution >= 0.6 is 12.6 Å². The number of nitrogens with zero attached hydrogens (tertiary/aromatic N) is 3. The Hall–Kier alpha value is -3.70. The zero-order valence-electron chi connectivity index (χ0n) is 19.8. The van der Waals surface area contributed by atoms with Gasteiger partial charge in [-0.05, 0) is 54.0 Å². The molecule has 0 fully saturated rings. The Morgan fingerprint density at radius 2 is 2.00 bits per heavy atom. The Morgan fingerprint density at radius 1 is 1.23 bits per heavy atom. The van der Waals surface area contributed by atoms with Crippen molar-refractivity contribution >= 4 is 36.3 Å². The van der Waals surface area contributed by atoms with Gasteiger partial charge < -0.3 is 20.2 Å². The SMILES string of the molecule is CCCCCC(=O)N(CC1=CNCN1Cc1ccc(C#N)cc1)c1ccc(S)c(/C=C/C(=O)O)c1. The monoisotopic (exact) mass is 490 g/mol. The number of hydrogen-bond acceptors (Lipinski definition) is 6. The van der Waals surface area contributed by atoms with Gasteiger partial charge in [-0.25, -0.2) is 4.79 Å². The van der Waals surface area contributed by atoms with Gasteiger partial charge in [0, 0.05) is 35.8 Å². The maximum atomic E-state index is 13.3. The fourth-order valence-corrected chi connectivity index (χ4v) is 4.04. The van der Waals surface area contributed by atoms with Gasteiger partial charge in [-0.1, -0.05) is 31.9 Å². The molecule has 0 aromatic heterocycles. The minimum Gasteiger partial charge on any atom is -0.478 e. The summed E-state index contributed by atoms with van der Waals surface area (Å²) in [7, 11) is 0. The molecule has 0 bridgehead atoms. The first kappa shape index (κ1) is 25.9. The number of carboxylic acids is 1. The Labute approximate surface area is 211 Å². The minimum atomic E-state index is -1.05. The minimum absolute atomic E-state index is 0.0182. The number of unbranched alkanes of at least 4 members (excludes halogenated alkanes) is 2. The number of aliphatic carboxylic acids is 1. The van der Waals surface area contributed by atoms with Gasteiger partial charge in [-0.3, -0.25) is 4.79 Å². The lowest BCUT2D eigenvalue weighted by Crippen LogP contribution is -2.36. The van der Waals surface area contributed by atoms with E-state index in [1.807, 2.05) is 24.4 Å². The molecular formula is C27H30N4O3S. The van der Waals surface area contributed by atoms with E-state index < -0.39 is 5.97 Å². The fraction of sp³-hybridized carbons (Fsp3) is 0.296. The lowest BCUT2D eigenvalue weighted by atomic mass is 10.1. The number of anilines is 1. The number of hydrogen-bond donors (Lipinski definition) is 3. The maximum Gasteiger partial charge on any atom is 0.328 e. The lowest BCUT2D eigenvalue weighted by Gasteiger charge is -2.28. The Balaban J connectivity index is 1.84. The molecule has 0 unspecified atom stereocenters. The summed E-state index contributed by atoms with van der Waals surface area (Å²) in [5.74, 6) is -1.03. The van der Waals surface area contributed by atoms with Gasteiger partial charge in [0.25, 0.3) is 0 Å². The van der Waals surface area contributed by atoms with E-state index >= 15 is 0 Å². The average Bonchev–Trinajstić information content (AvgIpc) is 3.29. The number of nitrogens with one attached hydrogen (secondary N) is 1. The Kier molecular flexibility index (Phi) is 9.39. The van der Waals surface area contributed by atoms with Crippen LogP contribution in [0.2, 0.25) is 0 Å². The lowest BCUT2D eigenvalue weighted by molar-refractivity contribution is -0.131. The third-order valence-corrected chi connectivity index (χ3v) is 6.16. The van der Waals surface area contributed by atoms with Crippen LogP contribution in [0.1, 0.15) is 49.3 Å². The first-order chi connectivity index (χ1) is 16.9. The summed E-state index contributed by atoms with van der Waals surface area (Å²) in [6.45, 7) is 3.74. The molecular weight excluding hydrogens is 460 g/mol. The van der Waals surface area contributed by atoms with Crippen molar-refractivity contribution in [3.8, 4) is 6.07 Å². The highest BCUT2D eigenvalue weighted by atomic mass is 32.1. The van der Waals surface area contributed by atoms with Gasteiger partial charge in [0.2, 0.25) is 5.91 Å². The number of nitriles is 1. The van der Waals surface area contributed by atoms with Crippen LogP contribution in [-0.2, 0) is 16.1 Å². The van der Waals surface area contributed by atoms with E-state index in [4.69, 9.17) is 10.4 Å². The molecule has 1 amide bonds. The molecule has 7 nitrogen and oxygen atoms in total. The Morgan fingerprint density at radius 3 is 2.69 bits per heavy atom. The molecule has 0 spiro atoms. The van der Waals surface area contributed by atoms with Crippen molar-refractivity contribution in [1.82, 2.24) is 10.2 Å². The zero-order chi connectivity index (χ0) is 25.2. The molecule has 0 saturated heterocycles. The number of rotatable bonds is 11. The summed E-state index contributed by atoms with van der Waals surface area (Å²) in [5, 5.41) is 21.3. The normalized spacial score (nSPS) is 12.8. The van der Waals surface area contributed by atoms with Gasteiger partial charge in [0.1, 0.15) is 0 Å². The fourth-order valence-electron chi connectivity index (χ4n) is 3.83. The number of thiol groups is 1. The molecule has 1 heterocycles. The van der Waals surface area contributed by atoms with Crippen molar-refractivity contribution in [3.05, 3.63) is 77.1 Å². The van der Waals surface area contributed by atoms with Crippen LogP contribution < -0.4 is 10.2 Å². The van der Waals surface area contributed by atoms with E-state index in [-0.39, 0.29) is 5.91 Å². The van der Waals surface area contributed by atoms with Gasteiger partial charge in [-0.15, -0.1) is 12.6 Å². The van der Waals surface area contributed by atoms with E-state index in [0.717, 1.165) is 36.6 Å². The third kappa shape index (κ3) is 7.39. The molecule has 182 valence electrons. The summed E-state index contributed by atoms with van der Waals surface area (Å²) >= 11 is 4.44. The van der Waals surface area contributed by atoms with Crippen molar-refractivity contribution < 1.29 is 14.7 Å². The van der Waals surface area contributed by atoms with Crippen LogP contribution in [0.15, 0.2) is 65.3 Å². The predicted octanol–water partition coefficient (Wildman–Crippen LogP) is 4.76. The first-order valence-electron chi connectivity index (χ1n) is 11.6. The first-order valence-corrected chi connectivity index (χ1v) is 12.1. The molecule has 3 rings (SSSR count). The topological polar surface area (TPSA) is 96.7 Å². The highest BCUT2D eigenvalue weighted by Crippen LogP contribution is 2.26. The van der Waals surface area contributed by atoms with Crippen LogP contribution in [0.5, 0.6) is 0 Å². The number of carbonyl (C=O) groups excluding carboxylic acids is 1. The second-order valence-electron chi connectivity index (χ2n) is 8.36. The van der Waals surface area contributed by atoms with Crippen LogP contribution in [0, 0.1) is 11.3 Å². The largest absolute Gasteiger partial charge is 0.478 e. The Bertz CT molecular complexity index is 1150. The highest BCUT2D eigenvalue weighted by molar-refractivity contribution is 7.80. The van der Waals surface area contributed by atoms with Gasteiger partial charge in [-0.2, -0.15) is 5.26 Å². The van der Waals surface area contributed by atoms with Crippen molar-refractivity contribution in [3.63, 3.8) is 0 Å². The highest BCUT2D eigenvalue weighted by Gasteiger charge is 2.23. The predicted molar refractivity (Wildman–Crippen MR) is 140 cm³/mol. The average molecular weight is 491 g/mol. The second-order valence-corrected chi connectivity index (χ2v) is 8.84. The van der Waals surface area contributed by atoms with E-state index in [0.29, 0.717) is 47.9 Å². The zero-order valence-corrected chi connectivity index (χ0v) is 20.7. The van der Waals surface area contributed by atoms with E-state index in [2.05, 4.69) is 35.8 Å². The molecule has 2 aromatic rings. The number of benzene rings is 2. The summed E-state index contributed by atoms with van der Waals surface area (Å²) in [6, 6.07) is 15.0. The molecule has 1 aliphatic heterocycles. The number of carbonyl (C=O) groups is 2. The summed E-state index contributed by atoms with van der Waals surface area (Å²) in [6.07, 6.45) is 7.74. The third-order valence-electron chi connectivity index (χ3n) is 5.76. The molecule has 0 radical (unpaired) electrons. The van der Waals surface area contributed by atoms with Crippen LogP contribution in [0.4, 0.5) is 5.69 Å². The number of amides is 1. The second kappa shape index (κ2) is 12.7. The molecule has 35 heavy (non-hydrogen) atoms. The van der Waals surface area contributed by atoms with E-state index in [1.165, 1.54) is 6.08 Å². The van der Waals surface area contributed by atoms with Crippen molar-refractivity contribution in [2.45, 2.75) is 44.0 Å². The van der Waals surface area contributed by atoms with Gasteiger partial charge in [0.15, 0.2) is 0 Å². The summed E-state index contributed by atoms with van der Waals surface area (Å²) < 4.78 is 0. The standard InChI is InChI=1S/C27H30N4O3S/c1-2-3-4-5-26(32)31(23-11-12-25(35)22(14-23)10-13-27(33)34)18-24-16-29-19-30(24)17-21-8-6-20(15-28)7-9-21/h6-14,16,29,35H,2-5,17-19H2,1H3,(H,33,34)/b13-10+. The molecule has 2 aromatic carbocycles. The van der Waals surface area contributed by atoms with Crippen molar-refractivity contribution in [2.24, 2.45) is 0 Å². The van der Waals surface area contributed by atoms with E-state index in [1.54, 1.807) is 29.2 Å². The molecule has 0 aliphatic carbocycles. The summed E-state index contributed by atoms with van der Waals surface area (Å²) in [5.41, 5.74) is 3.98. The molecule has 0 saturated carbocycles. The van der Waals surface area contributed by atoms with Gasteiger partial charge >= 0.3 is 5.97 Å². The van der Waals surface area contributed by atoms with Gasteiger partial charge in [0.05, 0.1) is 30.5 Å². The smallest absolute Gasteiger partial charge is 0.328 e. The van der Waals surface area contributed by atoms with Crippen LogP contribution in [0.25, 0.3) is 6.08 Å². The molecule has 2 N–H and O–H groups in total.